The number of para-hydroxylation sites is 1. The molecule has 1 aromatic carbocycles. The van der Waals surface area contributed by atoms with E-state index < -0.39 is 10.0 Å². The maximum Gasteiger partial charge on any atom is 0.281 e. The SMILES string of the molecule is CN(c1cccc2cc(C3=NCC(CN4CC(O)C4)S3)[nH]c12)S(=O)(=O)c1ccccn1.Cl. The number of aromatic amines is 1. The number of β-amino-alcohol motifs (C(OH)–C–C–N with tert-alkyl or cyclic N) is 1. The molecular weight excluding hydrogens is 470 g/mol. The van der Waals surface area contributed by atoms with Gasteiger partial charge in [-0.3, -0.25) is 14.2 Å². The minimum Gasteiger partial charge on any atom is -0.390 e. The van der Waals surface area contributed by atoms with Crippen molar-refractivity contribution < 1.29 is 13.5 Å². The number of halogens is 1. The van der Waals surface area contributed by atoms with Gasteiger partial charge in [-0.15, -0.1) is 12.4 Å². The number of hydrogen-bond donors (Lipinski definition) is 2. The van der Waals surface area contributed by atoms with Gasteiger partial charge >= 0.3 is 0 Å². The highest BCUT2D eigenvalue weighted by atomic mass is 35.5. The fourth-order valence-corrected chi connectivity index (χ4v) is 6.20. The molecule has 2 aliphatic heterocycles. The van der Waals surface area contributed by atoms with Crippen LogP contribution in [-0.2, 0) is 10.0 Å². The topological polar surface area (TPSA) is 102 Å². The Bertz CT molecular complexity index is 1240. The lowest BCUT2D eigenvalue weighted by Crippen LogP contribution is -2.52. The zero-order valence-corrected chi connectivity index (χ0v) is 19.8. The summed E-state index contributed by atoms with van der Waals surface area (Å²) in [4.78, 5) is 14.3. The summed E-state index contributed by atoms with van der Waals surface area (Å²) in [6, 6.07) is 12.4. The Kier molecular flexibility index (Phi) is 6.51. The van der Waals surface area contributed by atoms with Crippen LogP contribution in [0.2, 0.25) is 0 Å². The molecule has 0 aliphatic carbocycles. The van der Waals surface area contributed by atoms with Crippen molar-refractivity contribution in [2.24, 2.45) is 4.99 Å². The number of aliphatic hydroxyl groups excluding tert-OH is 1. The fourth-order valence-electron chi connectivity index (χ4n) is 3.93. The van der Waals surface area contributed by atoms with Crippen LogP contribution in [0.25, 0.3) is 10.9 Å². The third-order valence-electron chi connectivity index (χ3n) is 5.58. The molecule has 4 heterocycles. The number of benzene rings is 1. The molecule has 2 aromatic heterocycles. The van der Waals surface area contributed by atoms with Crippen molar-refractivity contribution in [1.29, 1.82) is 0 Å². The number of aliphatic imine (C=N–C) groups is 1. The molecular formula is C21H24ClN5O3S2. The van der Waals surface area contributed by atoms with Gasteiger partial charge in [-0.2, -0.15) is 8.42 Å². The fraction of sp³-hybridized carbons (Fsp3) is 0.333. The number of likely N-dealkylation sites (tertiary alicyclic amines) is 1. The highest BCUT2D eigenvalue weighted by Gasteiger charge is 2.30. The van der Waals surface area contributed by atoms with Crippen molar-refractivity contribution >= 4 is 55.8 Å². The maximum absolute atomic E-state index is 13.0. The van der Waals surface area contributed by atoms with Crippen LogP contribution in [0.15, 0.2) is 58.7 Å². The van der Waals surface area contributed by atoms with Crippen molar-refractivity contribution in [2.75, 3.05) is 37.5 Å². The molecule has 8 nitrogen and oxygen atoms in total. The average molecular weight is 494 g/mol. The number of rotatable bonds is 6. The van der Waals surface area contributed by atoms with Crippen molar-refractivity contribution in [2.45, 2.75) is 16.4 Å². The van der Waals surface area contributed by atoms with Crippen molar-refractivity contribution in [3.8, 4) is 0 Å². The third kappa shape index (κ3) is 4.25. The Labute approximate surface area is 197 Å². The van der Waals surface area contributed by atoms with Crippen LogP contribution in [0.3, 0.4) is 0 Å². The summed E-state index contributed by atoms with van der Waals surface area (Å²) in [7, 11) is -2.24. The zero-order chi connectivity index (χ0) is 21.6. The van der Waals surface area contributed by atoms with E-state index in [-0.39, 0.29) is 23.5 Å². The number of thioether (sulfide) groups is 1. The number of nitrogens with one attached hydrogen (secondary N) is 1. The van der Waals surface area contributed by atoms with E-state index in [1.165, 1.54) is 16.6 Å². The zero-order valence-electron chi connectivity index (χ0n) is 17.4. The normalized spacial score (nSPS) is 19.4. The first-order valence-electron chi connectivity index (χ1n) is 10.1. The van der Waals surface area contributed by atoms with Gasteiger partial charge in [0.15, 0.2) is 5.03 Å². The number of aliphatic hydroxyl groups is 1. The standard InChI is InChI=1S/C21H23N5O3S2.ClH/c1-25(31(28,29)19-7-2-3-8-22-19)18-6-4-5-14-9-17(24-20(14)18)21-23-10-16(30-21)13-26-11-15(27)12-26;/h2-9,15-16,24,27H,10-13H2,1H3;1H. The molecule has 2 aliphatic rings. The van der Waals surface area contributed by atoms with Gasteiger partial charge in [-0.1, -0.05) is 30.0 Å². The lowest BCUT2D eigenvalue weighted by molar-refractivity contribution is 0.00320. The molecule has 3 aromatic rings. The first-order chi connectivity index (χ1) is 14.9. The molecule has 0 amide bonds. The monoisotopic (exact) mass is 493 g/mol. The summed E-state index contributed by atoms with van der Waals surface area (Å²) in [6.45, 7) is 3.12. The molecule has 1 atom stereocenters. The molecule has 170 valence electrons. The Balaban J connectivity index is 0.00000245. The highest BCUT2D eigenvalue weighted by Crippen LogP contribution is 2.33. The summed E-state index contributed by atoms with van der Waals surface area (Å²) >= 11 is 1.73. The summed E-state index contributed by atoms with van der Waals surface area (Å²) < 4.78 is 27.3. The summed E-state index contributed by atoms with van der Waals surface area (Å²) in [6.07, 6.45) is 1.28. The quantitative estimate of drug-likeness (QED) is 0.546. The van der Waals surface area contributed by atoms with Crippen LogP contribution in [0.1, 0.15) is 5.69 Å². The number of anilines is 1. The Morgan fingerprint density at radius 2 is 2.06 bits per heavy atom. The first-order valence-corrected chi connectivity index (χ1v) is 12.4. The molecule has 1 fully saturated rings. The Morgan fingerprint density at radius 1 is 1.25 bits per heavy atom. The molecule has 0 spiro atoms. The van der Waals surface area contributed by atoms with E-state index in [4.69, 9.17) is 4.99 Å². The van der Waals surface area contributed by atoms with Crippen LogP contribution in [0.5, 0.6) is 0 Å². The Morgan fingerprint density at radius 3 is 2.78 bits per heavy atom. The van der Waals surface area contributed by atoms with Crippen molar-refractivity contribution in [3.63, 3.8) is 0 Å². The number of pyridine rings is 1. The second-order valence-corrected chi connectivity index (χ2v) is 11.0. The number of hydrogen-bond acceptors (Lipinski definition) is 7. The first kappa shape index (κ1) is 23.1. The van der Waals surface area contributed by atoms with E-state index in [0.717, 1.165) is 47.8 Å². The number of sulfonamides is 1. The van der Waals surface area contributed by atoms with E-state index >= 15 is 0 Å². The van der Waals surface area contributed by atoms with Gasteiger partial charge in [0.2, 0.25) is 0 Å². The van der Waals surface area contributed by atoms with Crippen LogP contribution >= 0.6 is 24.2 Å². The van der Waals surface area contributed by atoms with Gasteiger partial charge in [0.25, 0.3) is 10.0 Å². The predicted molar refractivity (Wildman–Crippen MR) is 131 cm³/mol. The van der Waals surface area contributed by atoms with Gasteiger partial charge in [-0.05, 0) is 24.3 Å². The van der Waals surface area contributed by atoms with Gasteiger partial charge in [0.05, 0.1) is 29.5 Å². The summed E-state index contributed by atoms with van der Waals surface area (Å²) in [5.74, 6) is 0. The minimum atomic E-state index is -3.78. The van der Waals surface area contributed by atoms with E-state index in [0.29, 0.717) is 10.9 Å². The molecule has 0 saturated carbocycles. The molecule has 1 saturated heterocycles. The van der Waals surface area contributed by atoms with E-state index in [1.54, 1.807) is 37.0 Å². The molecule has 32 heavy (non-hydrogen) atoms. The van der Waals surface area contributed by atoms with Crippen LogP contribution in [-0.4, -0.2) is 78.0 Å². The lowest BCUT2D eigenvalue weighted by atomic mass is 10.1. The van der Waals surface area contributed by atoms with Crippen molar-refractivity contribution in [1.82, 2.24) is 14.9 Å². The predicted octanol–water partition coefficient (Wildman–Crippen LogP) is 2.35. The lowest BCUT2D eigenvalue weighted by Gasteiger charge is -2.37. The number of aromatic nitrogens is 2. The Hall–Kier alpha value is -2.11. The van der Waals surface area contributed by atoms with E-state index in [2.05, 4.69) is 14.9 Å². The van der Waals surface area contributed by atoms with Crippen LogP contribution < -0.4 is 4.31 Å². The maximum atomic E-state index is 13.0. The molecule has 2 N–H and O–H groups in total. The number of H-pyrrole nitrogens is 1. The van der Waals surface area contributed by atoms with Gasteiger partial charge in [0.1, 0.15) is 5.04 Å². The van der Waals surface area contributed by atoms with E-state index in [1.807, 2.05) is 18.2 Å². The summed E-state index contributed by atoms with van der Waals surface area (Å²) in [5.41, 5.74) is 2.20. The second kappa shape index (κ2) is 9.03. The highest BCUT2D eigenvalue weighted by molar-refractivity contribution is 8.15. The van der Waals surface area contributed by atoms with Gasteiger partial charge < -0.3 is 10.1 Å². The number of fused-ring (bicyclic) bond motifs is 1. The largest absolute Gasteiger partial charge is 0.390 e. The van der Waals surface area contributed by atoms with Crippen LogP contribution in [0, 0.1) is 0 Å². The average Bonchev–Trinajstić information content (AvgIpc) is 3.39. The molecule has 0 radical (unpaired) electrons. The van der Waals surface area contributed by atoms with Crippen molar-refractivity contribution in [3.05, 3.63) is 54.4 Å². The second-order valence-electron chi connectivity index (χ2n) is 7.82. The molecule has 1 unspecified atom stereocenters. The summed E-state index contributed by atoms with van der Waals surface area (Å²) in [5, 5.41) is 11.7. The third-order valence-corrected chi connectivity index (χ3v) is 8.47. The van der Waals surface area contributed by atoms with Crippen LogP contribution in [0.4, 0.5) is 5.69 Å². The smallest absolute Gasteiger partial charge is 0.281 e. The molecule has 5 rings (SSSR count). The van der Waals surface area contributed by atoms with Gasteiger partial charge in [-0.25, -0.2) is 4.98 Å². The van der Waals surface area contributed by atoms with Gasteiger partial charge in [0, 0.05) is 43.5 Å². The minimum absolute atomic E-state index is 0. The molecule has 11 heteroatoms. The molecule has 0 bridgehead atoms. The number of nitrogens with zero attached hydrogens (tertiary/aromatic N) is 4. The van der Waals surface area contributed by atoms with E-state index in [9.17, 15) is 13.5 Å².